The molecule has 1 unspecified atom stereocenters. The third kappa shape index (κ3) is 3.66. The molecule has 2 aromatic carbocycles. The van der Waals surface area contributed by atoms with Gasteiger partial charge in [0.2, 0.25) is 0 Å². The first-order chi connectivity index (χ1) is 12.2. The predicted molar refractivity (Wildman–Crippen MR) is 95.5 cm³/mol. The Labute approximate surface area is 156 Å². The molecular weight excluding hydrogens is 389 g/mol. The molecule has 0 aliphatic carbocycles. The zero-order chi connectivity index (χ0) is 19.1. The van der Waals surface area contributed by atoms with Gasteiger partial charge in [-0.05, 0) is 49.0 Å². The van der Waals surface area contributed by atoms with Gasteiger partial charge in [-0.25, -0.2) is 4.90 Å². The molecule has 1 N–H and O–H groups in total. The Bertz CT molecular complexity index is 871. The minimum Gasteiger partial charge on any atom is -0.364 e. The molecule has 1 aliphatic rings. The Balaban J connectivity index is 1.85. The predicted octanol–water partition coefficient (Wildman–Crippen LogP) is 5.31. The van der Waals surface area contributed by atoms with E-state index in [9.17, 15) is 22.8 Å². The summed E-state index contributed by atoms with van der Waals surface area (Å²) in [5.41, 5.74) is 0.399. The van der Waals surface area contributed by atoms with Crippen molar-refractivity contribution in [3.05, 3.63) is 58.6 Å². The van der Waals surface area contributed by atoms with Gasteiger partial charge in [0.05, 0.1) is 22.0 Å². The normalized spacial score (nSPS) is 17.7. The van der Waals surface area contributed by atoms with Crippen LogP contribution < -0.4 is 10.2 Å². The lowest BCUT2D eigenvalue weighted by molar-refractivity contribution is -0.137. The van der Waals surface area contributed by atoms with Crippen LogP contribution >= 0.6 is 23.4 Å². The maximum atomic E-state index is 12.9. The number of carbonyl (C=O) groups is 2. The van der Waals surface area contributed by atoms with E-state index in [0.29, 0.717) is 17.4 Å². The first kappa shape index (κ1) is 18.6. The summed E-state index contributed by atoms with van der Waals surface area (Å²) in [4.78, 5) is 25.7. The van der Waals surface area contributed by atoms with Gasteiger partial charge in [-0.2, -0.15) is 13.2 Å². The Morgan fingerprint density at radius 1 is 1.12 bits per heavy atom. The van der Waals surface area contributed by atoms with Gasteiger partial charge in [0.25, 0.3) is 11.1 Å². The fraction of sp³-hybridized carbons (Fsp3) is 0.176. The molecule has 2 aromatic rings. The number of halogens is 4. The number of hydrogen-bond donors (Lipinski definition) is 1. The molecule has 1 aliphatic heterocycles. The van der Waals surface area contributed by atoms with Crippen LogP contribution in [0.4, 0.5) is 29.3 Å². The van der Waals surface area contributed by atoms with Crippen LogP contribution in [0.3, 0.4) is 0 Å². The number of carbonyl (C=O) groups excluding carboxylic acids is 2. The second-order valence-electron chi connectivity index (χ2n) is 5.61. The Kier molecular flexibility index (Phi) is 4.90. The highest BCUT2D eigenvalue weighted by molar-refractivity contribution is 8.16. The molecule has 1 saturated heterocycles. The molecule has 1 heterocycles. The third-order valence-corrected chi connectivity index (χ3v) is 4.99. The van der Waals surface area contributed by atoms with Gasteiger partial charge in [-0.3, -0.25) is 9.59 Å². The van der Waals surface area contributed by atoms with E-state index in [0.717, 1.165) is 28.7 Å². The number of thioether (sulfide) groups is 1. The van der Waals surface area contributed by atoms with E-state index in [-0.39, 0.29) is 10.7 Å². The molecule has 9 heteroatoms. The summed E-state index contributed by atoms with van der Waals surface area (Å²) in [5, 5.41) is 1.07. The number of rotatable bonds is 3. The molecule has 26 heavy (non-hydrogen) atoms. The Morgan fingerprint density at radius 2 is 1.77 bits per heavy atom. The molecule has 136 valence electrons. The lowest BCUT2D eigenvalue weighted by Gasteiger charge is -2.16. The lowest BCUT2D eigenvalue weighted by atomic mass is 10.2. The zero-order valence-corrected chi connectivity index (χ0v) is 14.9. The van der Waals surface area contributed by atoms with Crippen molar-refractivity contribution >= 4 is 45.9 Å². The molecule has 0 saturated carbocycles. The maximum absolute atomic E-state index is 12.9. The quantitative estimate of drug-likeness (QED) is 0.759. The van der Waals surface area contributed by atoms with Crippen LogP contribution in [-0.2, 0) is 11.0 Å². The number of aryl methyl sites for hydroxylation is 1. The second-order valence-corrected chi connectivity index (χ2v) is 7.07. The van der Waals surface area contributed by atoms with Gasteiger partial charge in [0.15, 0.2) is 5.37 Å². The van der Waals surface area contributed by atoms with Crippen molar-refractivity contribution in [1.82, 2.24) is 0 Å². The van der Waals surface area contributed by atoms with E-state index in [4.69, 9.17) is 11.6 Å². The molecule has 3 rings (SSSR count). The lowest BCUT2D eigenvalue weighted by Crippen LogP contribution is -2.34. The maximum Gasteiger partial charge on any atom is 0.416 e. The van der Waals surface area contributed by atoms with E-state index in [1.54, 1.807) is 24.3 Å². The third-order valence-electron chi connectivity index (χ3n) is 3.72. The molecule has 0 bridgehead atoms. The topological polar surface area (TPSA) is 49.4 Å². The summed E-state index contributed by atoms with van der Waals surface area (Å²) in [6, 6.07) is 9.53. The summed E-state index contributed by atoms with van der Waals surface area (Å²) in [7, 11) is 0. The highest BCUT2D eigenvalue weighted by atomic mass is 35.5. The van der Waals surface area contributed by atoms with E-state index >= 15 is 0 Å². The van der Waals surface area contributed by atoms with Crippen LogP contribution in [-0.4, -0.2) is 16.5 Å². The van der Waals surface area contributed by atoms with E-state index in [1.165, 1.54) is 0 Å². The summed E-state index contributed by atoms with van der Waals surface area (Å²) in [5.74, 6) is -0.572. The van der Waals surface area contributed by atoms with E-state index < -0.39 is 28.3 Å². The Hall–Kier alpha value is -2.19. The smallest absolute Gasteiger partial charge is 0.364 e. The first-order valence-electron chi connectivity index (χ1n) is 7.41. The van der Waals surface area contributed by atoms with Gasteiger partial charge in [-0.1, -0.05) is 29.3 Å². The number of anilines is 2. The van der Waals surface area contributed by atoms with Crippen molar-refractivity contribution in [3.8, 4) is 0 Å². The average molecular weight is 401 g/mol. The number of nitrogens with zero attached hydrogens (tertiary/aromatic N) is 1. The van der Waals surface area contributed by atoms with Gasteiger partial charge >= 0.3 is 6.18 Å². The van der Waals surface area contributed by atoms with Crippen LogP contribution in [0.2, 0.25) is 5.02 Å². The SMILES string of the molecule is Cc1ccc(N2C(=O)SC(Nc3cc(C(F)(F)F)ccc3Cl)C2=O)cc1. The fourth-order valence-electron chi connectivity index (χ4n) is 2.38. The largest absolute Gasteiger partial charge is 0.416 e. The molecule has 1 fully saturated rings. The minimum atomic E-state index is -4.54. The highest BCUT2D eigenvalue weighted by Gasteiger charge is 2.41. The molecule has 0 radical (unpaired) electrons. The van der Waals surface area contributed by atoms with Crippen molar-refractivity contribution in [2.24, 2.45) is 0 Å². The first-order valence-corrected chi connectivity index (χ1v) is 8.67. The Morgan fingerprint density at radius 3 is 2.38 bits per heavy atom. The van der Waals surface area contributed by atoms with Crippen LogP contribution in [0.5, 0.6) is 0 Å². The minimum absolute atomic E-state index is 0.0210. The summed E-state index contributed by atoms with van der Waals surface area (Å²) in [6.07, 6.45) is -4.54. The van der Waals surface area contributed by atoms with Crippen LogP contribution in [0.1, 0.15) is 11.1 Å². The van der Waals surface area contributed by atoms with Crippen molar-refractivity contribution in [3.63, 3.8) is 0 Å². The number of amides is 2. The van der Waals surface area contributed by atoms with Gasteiger partial charge in [0.1, 0.15) is 0 Å². The van der Waals surface area contributed by atoms with Crippen molar-refractivity contribution in [1.29, 1.82) is 0 Å². The summed E-state index contributed by atoms with van der Waals surface area (Å²) >= 11 is 6.61. The van der Waals surface area contributed by atoms with Crippen LogP contribution in [0.25, 0.3) is 0 Å². The van der Waals surface area contributed by atoms with Crippen LogP contribution in [0.15, 0.2) is 42.5 Å². The zero-order valence-electron chi connectivity index (χ0n) is 13.3. The molecular formula is C17H12ClF3N2O2S. The number of imide groups is 1. The number of benzene rings is 2. The summed E-state index contributed by atoms with van der Waals surface area (Å²) in [6.45, 7) is 1.87. The second kappa shape index (κ2) is 6.85. The standard InChI is InChI=1S/C17H12ClF3N2O2S/c1-9-2-5-11(6-3-9)23-15(24)14(26-16(23)25)22-13-8-10(17(19,20)21)4-7-12(13)18/h2-8,14,22H,1H3. The van der Waals surface area contributed by atoms with Crippen molar-refractivity contribution < 1.29 is 22.8 Å². The fourth-order valence-corrected chi connectivity index (χ4v) is 3.45. The highest BCUT2D eigenvalue weighted by Crippen LogP contribution is 2.37. The monoisotopic (exact) mass is 400 g/mol. The van der Waals surface area contributed by atoms with E-state index in [1.807, 2.05) is 6.92 Å². The molecule has 1 atom stereocenters. The van der Waals surface area contributed by atoms with Crippen molar-refractivity contribution in [2.75, 3.05) is 10.2 Å². The van der Waals surface area contributed by atoms with Gasteiger partial charge < -0.3 is 5.32 Å². The molecule has 0 aromatic heterocycles. The van der Waals surface area contributed by atoms with Crippen LogP contribution in [0, 0.1) is 6.92 Å². The average Bonchev–Trinajstić information content (AvgIpc) is 2.83. The van der Waals surface area contributed by atoms with Gasteiger partial charge in [-0.15, -0.1) is 0 Å². The molecule has 4 nitrogen and oxygen atoms in total. The molecule has 0 spiro atoms. The number of hydrogen-bond acceptors (Lipinski definition) is 4. The van der Waals surface area contributed by atoms with Crippen molar-refractivity contribution in [2.45, 2.75) is 18.5 Å². The van der Waals surface area contributed by atoms with Gasteiger partial charge in [0, 0.05) is 0 Å². The number of alkyl halides is 3. The number of nitrogens with one attached hydrogen (secondary N) is 1. The summed E-state index contributed by atoms with van der Waals surface area (Å²) < 4.78 is 38.6. The molecule has 2 amide bonds. The van der Waals surface area contributed by atoms with E-state index in [2.05, 4.69) is 5.32 Å².